The molecule has 1 fully saturated rings. The average Bonchev–Trinajstić information content (AvgIpc) is 2.73. The molecule has 1 aliphatic rings. The Kier molecular flexibility index (Phi) is 5.28. The van der Waals surface area contributed by atoms with Crippen molar-refractivity contribution >= 4 is 46.6 Å². The van der Waals surface area contributed by atoms with Crippen molar-refractivity contribution in [2.75, 3.05) is 10.6 Å². The minimum atomic E-state index is -0.548. The number of carbonyl (C=O) groups excluding carboxylic acids is 2. The summed E-state index contributed by atoms with van der Waals surface area (Å²) in [6.07, 6.45) is 1.50. The molecular formula is C23H17N3O3S. The Hall–Kier alpha value is -3.97. The number of benzene rings is 3. The summed E-state index contributed by atoms with van der Waals surface area (Å²) in [7, 11) is 0. The first-order valence-electron chi connectivity index (χ1n) is 9.11. The molecule has 3 N–H and O–H groups in total. The number of nitrogens with zero attached hydrogens (tertiary/aromatic N) is 1. The largest absolute Gasteiger partial charge is 0.457 e. The Bertz CT molecular complexity index is 1160. The molecule has 148 valence electrons. The highest BCUT2D eigenvalue weighted by molar-refractivity contribution is 7.80. The van der Waals surface area contributed by atoms with E-state index in [-0.39, 0.29) is 10.7 Å². The van der Waals surface area contributed by atoms with E-state index < -0.39 is 11.8 Å². The number of hydrogen-bond donors (Lipinski definition) is 2. The lowest BCUT2D eigenvalue weighted by Gasteiger charge is -2.29. The topological polar surface area (TPSA) is 84.7 Å². The number of nitrogens with two attached hydrogens (primary N) is 1. The number of amides is 2. The van der Waals surface area contributed by atoms with Gasteiger partial charge in [-0.2, -0.15) is 0 Å². The van der Waals surface area contributed by atoms with Crippen molar-refractivity contribution in [2.24, 2.45) is 0 Å². The average molecular weight is 415 g/mol. The van der Waals surface area contributed by atoms with Crippen LogP contribution in [0.2, 0.25) is 0 Å². The third-order valence-electron chi connectivity index (χ3n) is 4.40. The van der Waals surface area contributed by atoms with E-state index in [0.29, 0.717) is 28.4 Å². The quantitative estimate of drug-likeness (QED) is 0.292. The van der Waals surface area contributed by atoms with Crippen LogP contribution in [0.5, 0.6) is 11.5 Å². The number of rotatable bonds is 4. The molecule has 0 radical (unpaired) electrons. The second-order valence-electron chi connectivity index (χ2n) is 6.54. The molecule has 0 aromatic heterocycles. The van der Waals surface area contributed by atoms with Gasteiger partial charge in [0.05, 0.1) is 5.69 Å². The molecule has 3 aromatic rings. The summed E-state index contributed by atoms with van der Waals surface area (Å²) < 4.78 is 5.77. The zero-order chi connectivity index (χ0) is 21.1. The number of nitrogen functional groups attached to an aromatic ring is 1. The van der Waals surface area contributed by atoms with Crippen molar-refractivity contribution in [1.29, 1.82) is 0 Å². The first kappa shape index (κ1) is 19.4. The van der Waals surface area contributed by atoms with Crippen LogP contribution in [0.15, 0.2) is 84.4 Å². The van der Waals surface area contributed by atoms with Crippen LogP contribution in [0.4, 0.5) is 11.4 Å². The second-order valence-corrected chi connectivity index (χ2v) is 6.92. The predicted molar refractivity (Wildman–Crippen MR) is 120 cm³/mol. The van der Waals surface area contributed by atoms with Crippen molar-refractivity contribution in [3.63, 3.8) is 0 Å². The van der Waals surface area contributed by atoms with Crippen LogP contribution >= 0.6 is 12.2 Å². The van der Waals surface area contributed by atoms with Gasteiger partial charge in [-0.05, 0) is 72.4 Å². The van der Waals surface area contributed by atoms with E-state index in [0.717, 1.165) is 0 Å². The summed E-state index contributed by atoms with van der Waals surface area (Å²) >= 11 is 5.23. The highest BCUT2D eigenvalue weighted by Gasteiger charge is 2.34. The van der Waals surface area contributed by atoms with Crippen molar-refractivity contribution in [3.8, 4) is 11.5 Å². The summed E-state index contributed by atoms with van der Waals surface area (Å²) in [4.78, 5) is 26.7. The minimum Gasteiger partial charge on any atom is -0.457 e. The maximum Gasteiger partial charge on any atom is 0.270 e. The van der Waals surface area contributed by atoms with Gasteiger partial charge in [-0.15, -0.1) is 0 Å². The molecule has 0 unspecified atom stereocenters. The molecule has 30 heavy (non-hydrogen) atoms. The van der Waals surface area contributed by atoms with Crippen LogP contribution < -0.4 is 20.7 Å². The van der Waals surface area contributed by atoms with Gasteiger partial charge in [0.2, 0.25) is 0 Å². The normalized spacial score (nSPS) is 15.3. The molecule has 0 bridgehead atoms. The first-order valence-corrected chi connectivity index (χ1v) is 9.52. The molecule has 6 nitrogen and oxygen atoms in total. The lowest BCUT2D eigenvalue weighted by molar-refractivity contribution is -0.122. The highest BCUT2D eigenvalue weighted by atomic mass is 32.1. The zero-order valence-electron chi connectivity index (χ0n) is 15.7. The third kappa shape index (κ3) is 4.06. The van der Waals surface area contributed by atoms with Crippen molar-refractivity contribution in [2.45, 2.75) is 0 Å². The van der Waals surface area contributed by atoms with E-state index in [1.165, 1.54) is 11.0 Å². The monoisotopic (exact) mass is 415 g/mol. The SMILES string of the molecule is Nc1cccc(/C=C2\C(=O)NC(=S)N(c3ccc(Oc4ccccc4)cc3)C2=O)c1. The molecule has 0 saturated carbocycles. The maximum absolute atomic E-state index is 13.1. The lowest BCUT2D eigenvalue weighted by atomic mass is 10.1. The maximum atomic E-state index is 13.1. The summed E-state index contributed by atoms with van der Waals surface area (Å²) in [5.41, 5.74) is 7.46. The number of carbonyl (C=O) groups is 2. The molecule has 3 aromatic carbocycles. The Balaban J connectivity index is 1.60. The molecular weight excluding hydrogens is 398 g/mol. The molecule has 0 atom stereocenters. The van der Waals surface area contributed by atoms with Crippen LogP contribution in [-0.4, -0.2) is 16.9 Å². The number of nitrogens with one attached hydrogen (secondary N) is 1. The molecule has 0 spiro atoms. The molecule has 1 heterocycles. The van der Waals surface area contributed by atoms with Gasteiger partial charge >= 0.3 is 0 Å². The number of anilines is 2. The smallest absolute Gasteiger partial charge is 0.270 e. The van der Waals surface area contributed by atoms with Gasteiger partial charge in [0, 0.05) is 5.69 Å². The van der Waals surface area contributed by atoms with Gasteiger partial charge < -0.3 is 10.5 Å². The van der Waals surface area contributed by atoms with E-state index in [2.05, 4.69) is 5.32 Å². The summed E-state index contributed by atoms with van der Waals surface area (Å²) in [6, 6.07) is 23.2. The standard InChI is InChI=1S/C23H17N3O3S/c24-16-6-4-5-15(13-16)14-20-21(27)25-23(30)26(22(20)28)17-9-11-19(12-10-17)29-18-7-2-1-3-8-18/h1-14H,24H2,(H,25,27,30)/b20-14+. The molecule has 2 amide bonds. The molecule has 0 aliphatic carbocycles. The number of para-hydroxylation sites is 1. The number of hydrogen-bond acceptors (Lipinski definition) is 5. The van der Waals surface area contributed by atoms with Crippen LogP contribution in [-0.2, 0) is 9.59 Å². The number of thiocarbonyl (C=S) groups is 1. The fraction of sp³-hybridized carbons (Fsp3) is 0. The van der Waals surface area contributed by atoms with Gasteiger partial charge in [-0.25, -0.2) is 0 Å². The van der Waals surface area contributed by atoms with E-state index in [9.17, 15) is 9.59 Å². The molecule has 1 saturated heterocycles. The Morgan fingerprint density at radius 1 is 0.900 bits per heavy atom. The van der Waals surface area contributed by atoms with Gasteiger partial charge in [0.1, 0.15) is 17.1 Å². The minimum absolute atomic E-state index is 0.0199. The fourth-order valence-electron chi connectivity index (χ4n) is 3.00. The van der Waals surface area contributed by atoms with Gasteiger partial charge in [0.15, 0.2) is 5.11 Å². The van der Waals surface area contributed by atoms with Crippen molar-refractivity contribution < 1.29 is 14.3 Å². The Morgan fingerprint density at radius 3 is 2.30 bits per heavy atom. The second kappa shape index (κ2) is 8.18. The van der Waals surface area contributed by atoms with E-state index in [4.69, 9.17) is 22.7 Å². The highest BCUT2D eigenvalue weighted by Crippen LogP contribution is 2.27. The van der Waals surface area contributed by atoms with Crippen molar-refractivity contribution in [3.05, 3.63) is 90.0 Å². The van der Waals surface area contributed by atoms with Crippen LogP contribution in [0.1, 0.15) is 5.56 Å². The summed E-state index contributed by atoms with van der Waals surface area (Å²) in [5.74, 6) is 0.255. The Morgan fingerprint density at radius 2 is 1.60 bits per heavy atom. The Labute approximate surface area is 178 Å². The van der Waals surface area contributed by atoms with Gasteiger partial charge in [-0.1, -0.05) is 30.3 Å². The van der Waals surface area contributed by atoms with Gasteiger partial charge in [-0.3, -0.25) is 19.8 Å². The number of ether oxygens (including phenoxy) is 1. The summed E-state index contributed by atoms with van der Waals surface area (Å²) in [5, 5.41) is 2.58. The van der Waals surface area contributed by atoms with E-state index in [1.807, 2.05) is 30.3 Å². The summed E-state index contributed by atoms with van der Waals surface area (Å²) in [6.45, 7) is 0. The third-order valence-corrected chi connectivity index (χ3v) is 4.68. The van der Waals surface area contributed by atoms with Crippen LogP contribution in [0.3, 0.4) is 0 Å². The fourth-order valence-corrected chi connectivity index (χ4v) is 3.28. The van der Waals surface area contributed by atoms with E-state index in [1.54, 1.807) is 48.5 Å². The molecule has 7 heteroatoms. The first-order chi connectivity index (χ1) is 14.5. The zero-order valence-corrected chi connectivity index (χ0v) is 16.6. The molecule has 1 aliphatic heterocycles. The lowest BCUT2D eigenvalue weighted by Crippen LogP contribution is -2.54. The molecule has 4 rings (SSSR count). The van der Waals surface area contributed by atoms with Crippen LogP contribution in [0, 0.1) is 0 Å². The van der Waals surface area contributed by atoms with E-state index >= 15 is 0 Å². The van der Waals surface area contributed by atoms with Crippen LogP contribution in [0.25, 0.3) is 6.08 Å². The van der Waals surface area contributed by atoms with Gasteiger partial charge in [0.25, 0.3) is 11.8 Å². The predicted octanol–water partition coefficient (Wildman–Crippen LogP) is 3.89. The van der Waals surface area contributed by atoms with Crippen molar-refractivity contribution in [1.82, 2.24) is 5.32 Å².